The third-order valence-corrected chi connectivity index (χ3v) is 4.21. The second-order valence-electron chi connectivity index (χ2n) is 5.27. The lowest BCUT2D eigenvalue weighted by Gasteiger charge is -2.13. The number of thiophene rings is 1. The molecule has 0 bridgehead atoms. The maximum atomic E-state index is 12.1. The van der Waals surface area contributed by atoms with Crippen molar-refractivity contribution in [1.29, 1.82) is 0 Å². The molecule has 23 heavy (non-hydrogen) atoms. The standard InChI is InChI=1S/C16H17N5OS/c1-21(2)12-7-5-11(6-8-12)17-16-18-15(22)14(19-20-16)10-13-4-3-9-23-13/h3-9H,10H2,1-2H3,(H2,17,18,20,22). The maximum absolute atomic E-state index is 12.1. The Morgan fingerprint density at radius 3 is 2.57 bits per heavy atom. The van der Waals surface area contributed by atoms with Crippen molar-refractivity contribution in [2.45, 2.75) is 6.42 Å². The highest BCUT2D eigenvalue weighted by molar-refractivity contribution is 7.09. The van der Waals surface area contributed by atoms with Crippen LogP contribution in [0.1, 0.15) is 10.6 Å². The van der Waals surface area contributed by atoms with Crippen molar-refractivity contribution in [2.24, 2.45) is 0 Å². The largest absolute Gasteiger partial charge is 0.378 e. The van der Waals surface area contributed by atoms with Gasteiger partial charge in [0.05, 0.1) is 0 Å². The van der Waals surface area contributed by atoms with Crippen molar-refractivity contribution >= 4 is 28.7 Å². The first kappa shape index (κ1) is 15.2. The molecular weight excluding hydrogens is 310 g/mol. The van der Waals surface area contributed by atoms with Crippen molar-refractivity contribution in [1.82, 2.24) is 15.2 Å². The van der Waals surface area contributed by atoms with Gasteiger partial charge in [-0.3, -0.25) is 9.78 Å². The Morgan fingerprint density at radius 1 is 1.17 bits per heavy atom. The van der Waals surface area contributed by atoms with E-state index in [4.69, 9.17) is 0 Å². The molecule has 0 aliphatic carbocycles. The predicted octanol–water partition coefficient (Wildman–Crippen LogP) is 2.63. The van der Waals surface area contributed by atoms with Crippen LogP contribution in [0.4, 0.5) is 17.3 Å². The molecule has 0 saturated carbocycles. The van der Waals surface area contributed by atoms with E-state index >= 15 is 0 Å². The van der Waals surface area contributed by atoms with Crippen LogP contribution in [0, 0.1) is 0 Å². The van der Waals surface area contributed by atoms with Gasteiger partial charge in [-0.25, -0.2) is 0 Å². The summed E-state index contributed by atoms with van der Waals surface area (Å²) in [5.74, 6) is 0.336. The number of hydrogen-bond donors (Lipinski definition) is 2. The average Bonchev–Trinajstić information content (AvgIpc) is 3.04. The van der Waals surface area contributed by atoms with E-state index in [2.05, 4.69) is 20.5 Å². The van der Waals surface area contributed by atoms with Gasteiger partial charge >= 0.3 is 0 Å². The van der Waals surface area contributed by atoms with E-state index in [1.807, 2.05) is 60.8 Å². The normalized spacial score (nSPS) is 10.5. The molecule has 0 aliphatic heterocycles. The van der Waals surface area contributed by atoms with Crippen LogP contribution >= 0.6 is 11.3 Å². The van der Waals surface area contributed by atoms with Crippen LogP contribution in [0.15, 0.2) is 46.6 Å². The zero-order valence-corrected chi connectivity index (χ0v) is 13.7. The van der Waals surface area contributed by atoms with Crippen LogP contribution in [-0.4, -0.2) is 29.3 Å². The van der Waals surface area contributed by atoms with Crippen LogP contribution in [0.3, 0.4) is 0 Å². The number of benzene rings is 1. The van der Waals surface area contributed by atoms with Gasteiger partial charge in [-0.05, 0) is 35.7 Å². The summed E-state index contributed by atoms with van der Waals surface area (Å²) in [6.07, 6.45) is 0.498. The molecule has 0 saturated heterocycles. The quantitative estimate of drug-likeness (QED) is 0.753. The summed E-state index contributed by atoms with van der Waals surface area (Å²) < 4.78 is 0. The number of H-pyrrole nitrogens is 1. The fraction of sp³-hybridized carbons (Fsp3) is 0.188. The van der Waals surface area contributed by atoms with Gasteiger partial charge in [-0.1, -0.05) is 6.07 Å². The minimum Gasteiger partial charge on any atom is -0.378 e. The Balaban J connectivity index is 1.73. The van der Waals surface area contributed by atoms with Gasteiger partial charge in [0.2, 0.25) is 5.95 Å². The molecular formula is C16H17N5OS. The lowest BCUT2D eigenvalue weighted by Crippen LogP contribution is -2.18. The fourth-order valence-electron chi connectivity index (χ4n) is 2.09. The number of aromatic nitrogens is 3. The van der Waals surface area contributed by atoms with E-state index in [1.165, 1.54) is 0 Å². The lowest BCUT2D eigenvalue weighted by molar-refractivity contribution is 0.879. The first-order chi connectivity index (χ1) is 11.1. The molecule has 3 rings (SSSR count). The molecule has 0 spiro atoms. The Kier molecular flexibility index (Phi) is 4.38. The van der Waals surface area contributed by atoms with Crippen LogP contribution in [0.2, 0.25) is 0 Å². The number of aromatic amines is 1. The van der Waals surface area contributed by atoms with Crippen molar-refractivity contribution in [3.05, 3.63) is 62.7 Å². The van der Waals surface area contributed by atoms with E-state index < -0.39 is 0 Å². The van der Waals surface area contributed by atoms with Gasteiger partial charge in [0.15, 0.2) is 0 Å². The molecule has 0 aliphatic rings. The topological polar surface area (TPSA) is 73.9 Å². The molecule has 1 aromatic carbocycles. The first-order valence-corrected chi connectivity index (χ1v) is 8.02. The van der Waals surface area contributed by atoms with Crippen LogP contribution in [0.25, 0.3) is 0 Å². The zero-order chi connectivity index (χ0) is 16.2. The van der Waals surface area contributed by atoms with Gasteiger partial charge < -0.3 is 10.2 Å². The number of anilines is 3. The van der Waals surface area contributed by atoms with Gasteiger partial charge in [0, 0.05) is 36.8 Å². The van der Waals surface area contributed by atoms with E-state index in [9.17, 15) is 4.79 Å². The summed E-state index contributed by atoms with van der Waals surface area (Å²) in [7, 11) is 3.97. The first-order valence-electron chi connectivity index (χ1n) is 7.14. The molecule has 2 aromatic heterocycles. The Bertz CT molecular complexity index is 824. The van der Waals surface area contributed by atoms with Gasteiger partial charge in [0.25, 0.3) is 5.56 Å². The van der Waals surface area contributed by atoms with E-state index in [1.54, 1.807) is 11.3 Å². The molecule has 0 unspecified atom stereocenters. The fourth-order valence-corrected chi connectivity index (χ4v) is 2.80. The SMILES string of the molecule is CN(C)c1ccc(Nc2nnc(Cc3cccs3)c(=O)[nH]2)cc1. The summed E-state index contributed by atoms with van der Waals surface area (Å²) in [6, 6.07) is 11.8. The number of hydrogen-bond acceptors (Lipinski definition) is 6. The summed E-state index contributed by atoms with van der Waals surface area (Å²) >= 11 is 1.60. The molecule has 0 amide bonds. The smallest absolute Gasteiger partial charge is 0.274 e. The highest BCUT2D eigenvalue weighted by Crippen LogP contribution is 2.17. The molecule has 0 atom stereocenters. The van der Waals surface area contributed by atoms with E-state index in [-0.39, 0.29) is 5.56 Å². The van der Waals surface area contributed by atoms with Crippen LogP contribution in [0.5, 0.6) is 0 Å². The van der Waals surface area contributed by atoms with Crippen molar-refractivity contribution < 1.29 is 0 Å². The second kappa shape index (κ2) is 6.62. The summed E-state index contributed by atoms with van der Waals surface area (Å²) in [4.78, 5) is 17.9. The Labute approximate surface area is 137 Å². The monoisotopic (exact) mass is 327 g/mol. The number of nitrogens with one attached hydrogen (secondary N) is 2. The van der Waals surface area contributed by atoms with Crippen LogP contribution < -0.4 is 15.8 Å². The summed E-state index contributed by atoms with van der Waals surface area (Å²) in [5.41, 5.74) is 2.13. The van der Waals surface area contributed by atoms with E-state index in [0.29, 0.717) is 18.1 Å². The average molecular weight is 327 g/mol. The van der Waals surface area contributed by atoms with Crippen molar-refractivity contribution in [2.75, 3.05) is 24.3 Å². The number of rotatable bonds is 5. The lowest BCUT2D eigenvalue weighted by atomic mass is 10.2. The molecule has 2 heterocycles. The third-order valence-electron chi connectivity index (χ3n) is 3.33. The van der Waals surface area contributed by atoms with Gasteiger partial charge in [-0.2, -0.15) is 0 Å². The van der Waals surface area contributed by atoms with Crippen LogP contribution in [-0.2, 0) is 6.42 Å². The predicted molar refractivity (Wildman–Crippen MR) is 93.8 cm³/mol. The third kappa shape index (κ3) is 3.75. The zero-order valence-electron chi connectivity index (χ0n) is 12.9. The maximum Gasteiger partial charge on any atom is 0.274 e. The van der Waals surface area contributed by atoms with Crippen molar-refractivity contribution in [3.63, 3.8) is 0 Å². The molecule has 2 N–H and O–H groups in total. The second-order valence-corrected chi connectivity index (χ2v) is 6.30. The Morgan fingerprint density at radius 2 is 1.96 bits per heavy atom. The molecule has 7 heteroatoms. The molecule has 0 radical (unpaired) electrons. The minimum absolute atomic E-state index is 0.221. The molecule has 0 fully saturated rings. The van der Waals surface area contributed by atoms with Crippen molar-refractivity contribution in [3.8, 4) is 0 Å². The van der Waals surface area contributed by atoms with Gasteiger partial charge in [-0.15, -0.1) is 21.5 Å². The van der Waals surface area contributed by atoms with Gasteiger partial charge in [0.1, 0.15) is 5.69 Å². The van der Waals surface area contributed by atoms with E-state index in [0.717, 1.165) is 16.3 Å². The molecule has 118 valence electrons. The highest BCUT2D eigenvalue weighted by atomic mass is 32.1. The molecule has 3 aromatic rings. The Hall–Kier alpha value is -2.67. The summed E-state index contributed by atoms with van der Waals surface area (Å²) in [6.45, 7) is 0. The minimum atomic E-state index is -0.221. The number of nitrogens with zero attached hydrogens (tertiary/aromatic N) is 3. The molecule has 6 nitrogen and oxygen atoms in total. The highest BCUT2D eigenvalue weighted by Gasteiger charge is 2.07. The summed E-state index contributed by atoms with van der Waals surface area (Å²) in [5, 5.41) is 13.1.